The summed E-state index contributed by atoms with van der Waals surface area (Å²) >= 11 is 0. The molecular formula is C29H42O2. The van der Waals surface area contributed by atoms with Crippen LogP contribution in [0.3, 0.4) is 0 Å². The first-order valence-electron chi connectivity index (χ1n) is 12.0. The minimum Gasteiger partial charge on any atom is -0.300 e. The Morgan fingerprint density at radius 1 is 0.871 bits per heavy atom. The molecule has 0 radical (unpaired) electrons. The number of ketones is 2. The molecule has 0 aromatic heterocycles. The van der Waals surface area contributed by atoms with E-state index in [0.717, 1.165) is 31.2 Å². The minimum absolute atomic E-state index is 0.262. The number of unbranched alkanes of at least 4 members (excludes halogenated alkanes) is 1. The fourth-order valence-corrected chi connectivity index (χ4v) is 3.51. The fourth-order valence-electron chi connectivity index (χ4n) is 3.51. The first kappa shape index (κ1) is 26.8. The van der Waals surface area contributed by atoms with Crippen LogP contribution in [0.4, 0.5) is 0 Å². The van der Waals surface area contributed by atoms with Crippen molar-refractivity contribution < 1.29 is 9.59 Å². The molecule has 0 aliphatic rings. The molecule has 0 amide bonds. The van der Waals surface area contributed by atoms with Gasteiger partial charge in [0.1, 0.15) is 11.6 Å². The molecule has 170 valence electrons. The SMILES string of the molecule is CC(=O)CCc1ccccc1C.CCCC[C@H](C)CCC(=O)Cc1ccc(CC)cc1. The summed E-state index contributed by atoms with van der Waals surface area (Å²) in [5, 5.41) is 0. The van der Waals surface area contributed by atoms with Crippen LogP contribution in [0.15, 0.2) is 48.5 Å². The van der Waals surface area contributed by atoms with E-state index in [-0.39, 0.29) is 5.78 Å². The number of hydrogen-bond acceptors (Lipinski definition) is 2. The first-order valence-corrected chi connectivity index (χ1v) is 12.0. The number of benzene rings is 2. The zero-order chi connectivity index (χ0) is 23.1. The lowest BCUT2D eigenvalue weighted by molar-refractivity contribution is -0.119. The van der Waals surface area contributed by atoms with Crippen molar-refractivity contribution in [1.29, 1.82) is 0 Å². The van der Waals surface area contributed by atoms with Gasteiger partial charge >= 0.3 is 0 Å². The van der Waals surface area contributed by atoms with Gasteiger partial charge in [-0.3, -0.25) is 4.79 Å². The summed E-state index contributed by atoms with van der Waals surface area (Å²) in [7, 11) is 0. The molecule has 0 fully saturated rings. The van der Waals surface area contributed by atoms with Gasteiger partial charge in [0.25, 0.3) is 0 Å². The third kappa shape index (κ3) is 12.3. The van der Waals surface area contributed by atoms with E-state index in [1.807, 2.05) is 12.1 Å². The Bertz CT molecular complexity index is 774. The predicted molar refractivity (Wildman–Crippen MR) is 133 cm³/mol. The van der Waals surface area contributed by atoms with E-state index >= 15 is 0 Å². The van der Waals surface area contributed by atoms with E-state index < -0.39 is 0 Å². The van der Waals surface area contributed by atoms with Gasteiger partial charge in [-0.25, -0.2) is 0 Å². The van der Waals surface area contributed by atoms with Crippen molar-refractivity contribution >= 4 is 11.6 Å². The third-order valence-corrected chi connectivity index (χ3v) is 5.81. The first-order chi connectivity index (χ1) is 14.8. The molecule has 2 aromatic carbocycles. The van der Waals surface area contributed by atoms with Crippen molar-refractivity contribution in [3.05, 3.63) is 70.8 Å². The Labute approximate surface area is 190 Å². The van der Waals surface area contributed by atoms with Gasteiger partial charge < -0.3 is 4.79 Å². The average Bonchev–Trinajstić information content (AvgIpc) is 2.76. The number of carbonyl (C=O) groups is 2. The van der Waals surface area contributed by atoms with E-state index in [1.165, 1.54) is 36.0 Å². The molecule has 1 atom stereocenters. The normalized spacial score (nSPS) is 11.4. The van der Waals surface area contributed by atoms with Crippen molar-refractivity contribution in [2.45, 2.75) is 92.4 Å². The van der Waals surface area contributed by atoms with Gasteiger partial charge in [-0.1, -0.05) is 88.6 Å². The molecule has 0 aliphatic heterocycles. The molecule has 0 bridgehead atoms. The number of hydrogen-bond donors (Lipinski definition) is 0. The molecule has 2 rings (SSSR count). The van der Waals surface area contributed by atoms with Gasteiger partial charge in [0.2, 0.25) is 0 Å². The van der Waals surface area contributed by atoms with Crippen LogP contribution >= 0.6 is 0 Å². The van der Waals surface area contributed by atoms with Gasteiger partial charge in [-0.05, 0) is 61.3 Å². The quantitative estimate of drug-likeness (QED) is 0.355. The van der Waals surface area contributed by atoms with Crippen LogP contribution in [0.2, 0.25) is 0 Å². The highest BCUT2D eigenvalue weighted by Gasteiger charge is 2.07. The Morgan fingerprint density at radius 3 is 2.10 bits per heavy atom. The highest BCUT2D eigenvalue weighted by Crippen LogP contribution is 2.15. The van der Waals surface area contributed by atoms with E-state index in [4.69, 9.17) is 0 Å². The number of carbonyl (C=O) groups excluding carboxylic acids is 2. The van der Waals surface area contributed by atoms with Crippen LogP contribution in [0.5, 0.6) is 0 Å². The Morgan fingerprint density at radius 2 is 1.52 bits per heavy atom. The van der Waals surface area contributed by atoms with Crippen molar-refractivity contribution in [3.63, 3.8) is 0 Å². The van der Waals surface area contributed by atoms with Crippen molar-refractivity contribution in [2.75, 3.05) is 0 Å². The molecule has 0 saturated carbocycles. The van der Waals surface area contributed by atoms with Gasteiger partial charge in [0, 0.05) is 19.3 Å². The molecule has 2 aromatic rings. The molecular weight excluding hydrogens is 380 g/mol. The van der Waals surface area contributed by atoms with Crippen LogP contribution in [0.25, 0.3) is 0 Å². The van der Waals surface area contributed by atoms with Gasteiger partial charge in [-0.2, -0.15) is 0 Å². The van der Waals surface area contributed by atoms with E-state index in [2.05, 4.69) is 64.1 Å². The summed E-state index contributed by atoms with van der Waals surface area (Å²) in [6.45, 7) is 10.3. The second kappa shape index (κ2) is 15.6. The third-order valence-electron chi connectivity index (χ3n) is 5.81. The number of Topliss-reactive ketones (excluding diaryl/α,β-unsaturated/α-hetero) is 2. The molecule has 31 heavy (non-hydrogen) atoms. The maximum absolute atomic E-state index is 11.9. The Kier molecular flexibility index (Phi) is 13.5. The summed E-state index contributed by atoms with van der Waals surface area (Å²) in [6, 6.07) is 16.6. The van der Waals surface area contributed by atoms with Crippen LogP contribution < -0.4 is 0 Å². The lowest BCUT2D eigenvalue weighted by atomic mass is 9.96. The average molecular weight is 423 g/mol. The summed E-state index contributed by atoms with van der Waals surface area (Å²) in [5.74, 6) is 1.33. The van der Waals surface area contributed by atoms with Gasteiger partial charge in [0.15, 0.2) is 0 Å². The van der Waals surface area contributed by atoms with Crippen molar-refractivity contribution in [3.8, 4) is 0 Å². The Balaban J connectivity index is 0.000000343. The highest BCUT2D eigenvalue weighted by atomic mass is 16.1. The maximum atomic E-state index is 11.9. The second-order valence-electron chi connectivity index (χ2n) is 8.80. The zero-order valence-corrected chi connectivity index (χ0v) is 20.4. The van der Waals surface area contributed by atoms with Crippen molar-refractivity contribution in [2.24, 2.45) is 5.92 Å². The van der Waals surface area contributed by atoms with Crippen LogP contribution in [-0.4, -0.2) is 11.6 Å². The minimum atomic E-state index is 0.262. The lowest BCUT2D eigenvalue weighted by Crippen LogP contribution is -2.05. The summed E-state index contributed by atoms with van der Waals surface area (Å²) in [6.07, 6.45) is 8.78. The van der Waals surface area contributed by atoms with E-state index in [1.54, 1.807) is 6.92 Å². The molecule has 0 N–H and O–H groups in total. The van der Waals surface area contributed by atoms with Crippen LogP contribution in [-0.2, 0) is 28.9 Å². The van der Waals surface area contributed by atoms with Crippen molar-refractivity contribution in [1.82, 2.24) is 0 Å². The number of aryl methyl sites for hydroxylation is 3. The summed E-state index contributed by atoms with van der Waals surface area (Å²) in [4.78, 5) is 22.7. The Hall–Kier alpha value is -2.22. The molecule has 2 nitrogen and oxygen atoms in total. The maximum Gasteiger partial charge on any atom is 0.137 e. The molecule has 0 aliphatic carbocycles. The molecule has 0 unspecified atom stereocenters. The van der Waals surface area contributed by atoms with Crippen LogP contribution in [0, 0.1) is 12.8 Å². The van der Waals surface area contributed by atoms with E-state index in [0.29, 0.717) is 24.5 Å². The topological polar surface area (TPSA) is 34.1 Å². The smallest absolute Gasteiger partial charge is 0.137 e. The number of rotatable bonds is 12. The standard InChI is InChI=1S/C18H28O.C11H14O/c1-4-6-7-15(3)8-13-18(19)14-17-11-9-16(5-2)10-12-17;1-9-5-3-4-6-11(9)8-7-10(2)12/h9-12,15H,4-8,13-14H2,1-3H3;3-6H,7-8H2,1-2H3/t15-;/m0./s1. The summed E-state index contributed by atoms with van der Waals surface area (Å²) < 4.78 is 0. The monoisotopic (exact) mass is 422 g/mol. The highest BCUT2D eigenvalue weighted by molar-refractivity contribution is 5.80. The lowest BCUT2D eigenvalue weighted by Gasteiger charge is -2.09. The fraction of sp³-hybridized carbons (Fsp3) is 0.517. The van der Waals surface area contributed by atoms with E-state index in [9.17, 15) is 9.59 Å². The van der Waals surface area contributed by atoms with Crippen LogP contribution in [0.1, 0.15) is 88.5 Å². The predicted octanol–water partition coefficient (Wildman–Crippen LogP) is 7.48. The largest absolute Gasteiger partial charge is 0.300 e. The zero-order valence-electron chi connectivity index (χ0n) is 20.4. The second-order valence-corrected chi connectivity index (χ2v) is 8.80. The molecule has 0 heterocycles. The molecule has 0 saturated heterocycles. The summed E-state index contributed by atoms with van der Waals surface area (Å²) in [5.41, 5.74) is 5.05. The van der Waals surface area contributed by atoms with Gasteiger partial charge in [0.05, 0.1) is 0 Å². The molecule has 0 spiro atoms. The molecule has 2 heteroatoms. The van der Waals surface area contributed by atoms with Gasteiger partial charge in [-0.15, -0.1) is 0 Å².